The van der Waals surface area contributed by atoms with Gasteiger partial charge in [-0.05, 0) is 24.4 Å². The number of methoxy groups -OCH3 is 1. The van der Waals surface area contributed by atoms with E-state index in [0.717, 1.165) is 0 Å². The summed E-state index contributed by atoms with van der Waals surface area (Å²) in [5.41, 5.74) is 0.185. The first-order valence-electron chi connectivity index (χ1n) is 4.90. The van der Waals surface area contributed by atoms with E-state index in [0.29, 0.717) is 5.75 Å². The molecule has 0 spiro atoms. The normalized spacial score (nSPS) is 20.5. The van der Waals surface area contributed by atoms with E-state index >= 15 is 0 Å². The van der Waals surface area contributed by atoms with Crippen LogP contribution < -0.4 is 4.74 Å². The van der Waals surface area contributed by atoms with Crippen molar-refractivity contribution in [3.8, 4) is 5.75 Å². The van der Waals surface area contributed by atoms with E-state index < -0.39 is 12.0 Å². The molecule has 1 aromatic carbocycles. The number of halogens is 2. The lowest BCUT2D eigenvalue weighted by Crippen LogP contribution is -2.23. The number of ether oxygens (including phenoxy) is 1. The highest BCUT2D eigenvalue weighted by molar-refractivity contribution is 5.48. The predicted octanol–water partition coefficient (Wildman–Crippen LogP) is 2.51. The van der Waals surface area contributed by atoms with Crippen molar-refractivity contribution in [1.29, 1.82) is 0 Å². The van der Waals surface area contributed by atoms with Crippen LogP contribution in [0.25, 0.3) is 0 Å². The number of benzene rings is 1. The van der Waals surface area contributed by atoms with Gasteiger partial charge >= 0.3 is 0 Å². The summed E-state index contributed by atoms with van der Waals surface area (Å²) < 4.78 is 32.4. The van der Waals surface area contributed by atoms with Gasteiger partial charge in [0.2, 0.25) is 0 Å². The summed E-state index contributed by atoms with van der Waals surface area (Å²) in [4.78, 5) is 1.56. The molecule has 0 N–H and O–H groups in total. The Kier molecular flexibility index (Phi) is 2.81. The third kappa shape index (κ3) is 1.64. The Morgan fingerprint density at radius 3 is 2.69 bits per heavy atom. The molecule has 0 saturated carbocycles. The monoisotopic (exact) mass is 224 g/mol. The summed E-state index contributed by atoms with van der Waals surface area (Å²) in [6.45, 7) is 0. The van der Waals surface area contributed by atoms with Gasteiger partial charge in [0.25, 0.3) is 0 Å². The van der Waals surface area contributed by atoms with E-state index in [2.05, 4.69) is 0 Å². The fraction of sp³-hybridized carbons (Fsp3) is 0.250. The highest BCUT2D eigenvalue weighted by Crippen LogP contribution is 2.37. The molecule has 2 nitrogen and oxygen atoms in total. The molecule has 0 saturated heterocycles. The molecule has 1 aromatic rings. The van der Waals surface area contributed by atoms with Crippen molar-refractivity contribution in [1.82, 2.24) is 4.90 Å². The smallest absolute Gasteiger partial charge is 0.150 e. The lowest BCUT2D eigenvalue weighted by atomic mass is 10.0. The van der Waals surface area contributed by atoms with Crippen LogP contribution >= 0.6 is 0 Å². The van der Waals surface area contributed by atoms with Crippen molar-refractivity contribution < 1.29 is 13.5 Å². The largest absolute Gasteiger partial charge is 0.496 e. The Morgan fingerprint density at radius 1 is 1.38 bits per heavy atom. The van der Waals surface area contributed by atoms with Gasteiger partial charge in [0, 0.05) is 7.05 Å². The maximum Gasteiger partial charge on any atom is 0.150 e. The number of hydrogen-bond donors (Lipinski definition) is 0. The average Bonchev–Trinajstić information content (AvgIpc) is 2.59. The fourth-order valence-electron chi connectivity index (χ4n) is 1.81. The van der Waals surface area contributed by atoms with E-state index in [4.69, 9.17) is 4.74 Å². The second-order valence-electron chi connectivity index (χ2n) is 3.56. The molecule has 1 aliphatic rings. The quantitative estimate of drug-likeness (QED) is 0.765. The molecule has 16 heavy (non-hydrogen) atoms. The molecular weight excluding hydrogens is 212 g/mol. The molecule has 1 radical (unpaired) electrons. The lowest BCUT2D eigenvalue weighted by molar-refractivity contribution is 0.338. The molecule has 85 valence electrons. The number of hydrogen-bond acceptors (Lipinski definition) is 2. The van der Waals surface area contributed by atoms with Crippen LogP contribution in [0.15, 0.2) is 30.5 Å². The van der Waals surface area contributed by atoms with Crippen molar-refractivity contribution >= 4 is 0 Å². The Balaban J connectivity index is 2.47. The molecule has 0 amide bonds. The second kappa shape index (κ2) is 4.12. The minimum atomic E-state index is -1.30. The van der Waals surface area contributed by atoms with Gasteiger partial charge < -0.3 is 9.64 Å². The fourth-order valence-corrected chi connectivity index (χ4v) is 1.81. The summed E-state index contributed by atoms with van der Waals surface area (Å²) >= 11 is 0. The summed E-state index contributed by atoms with van der Waals surface area (Å²) in [5.74, 6) is -0.138. The van der Waals surface area contributed by atoms with Crippen molar-refractivity contribution in [2.75, 3.05) is 14.2 Å². The Bertz CT molecular complexity index is 407. The van der Waals surface area contributed by atoms with E-state index in [1.54, 1.807) is 24.2 Å². The zero-order valence-electron chi connectivity index (χ0n) is 9.08. The Hall–Kier alpha value is -1.58. The van der Waals surface area contributed by atoms with Crippen molar-refractivity contribution in [3.63, 3.8) is 0 Å². The van der Waals surface area contributed by atoms with Gasteiger partial charge in [0.1, 0.15) is 17.6 Å². The van der Waals surface area contributed by atoms with Gasteiger partial charge in [-0.15, -0.1) is 0 Å². The first kappa shape index (κ1) is 10.9. The number of nitrogens with zero attached hydrogens (tertiary/aromatic N) is 1. The van der Waals surface area contributed by atoms with Gasteiger partial charge in [-0.2, -0.15) is 0 Å². The van der Waals surface area contributed by atoms with Crippen LogP contribution in [0.2, 0.25) is 0 Å². The summed E-state index contributed by atoms with van der Waals surface area (Å²) in [7, 11) is 3.12. The maximum atomic E-state index is 13.7. The SMILES string of the molecule is COc1cccc(F)c1[C]1[C@@H](F)C=CN1C. The van der Waals surface area contributed by atoms with Crippen molar-refractivity contribution in [3.05, 3.63) is 47.9 Å². The summed E-state index contributed by atoms with van der Waals surface area (Å²) in [6, 6.07) is 4.72. The maximum absolute atomic E-state index is 13.7. The van der Waals surface area contributed by atoms with E-state index in [-0.39, 0.29) is 11.6 Å². The minimum Gasteiger partial charge on any atom is -0.496 e. The number of alkyl halides is 1. The van der Waals surface area contributed by atoms with Gasteiger partial charge in [-0.25, -0.2) is 8.78 Å². The summed E-state index contributed by atoms with van der Waals surface area (Å²) in [6.07, 6.45) is 1.66. The highest BCUT2D eigenvalue weighted by atomic mass is 19.1. The first-order chi connectivity index (χ1) is 7.65. The van der Waals surface area contributed by atoms with Crippen LogP contribution in [0.3, 0.4) is 0 Å². The molecule has 1 aliphatic heterocycles. The van der Waals surface area contributed by atoms with Crippen LogP contribution in [0.1, 0.15) is 5.56 Å². The molecule has 0 fully saturated rings. The standard InChI is InChI=1S/C12H12F2NO/c1-15-7-6-9(14)12(15)11-8(13)4-3-5-10(11)16-2/h3-7,9H,1-2H3/t9-/m0/s1. The van der Waals surface area contributed by atoms with E-state index in [1.165, 1.54) is 25.3 Å². The molecule has 4 heteroatoms. The van der Waals surface area contributed by atoms with E-state index in [9.17, 15) is 8.78 Å². The topological polar surface area (TPSA) is 12.5 Å². The van der Waals surface area contributed by atoms with Gasteiger partial charge in [0.15, 0.2) is 6.17 Å². The van der Waals surface area contributed by atoms with Gasteiger partial charge in [-0.3, -0.25) is 0 Å². The van der Waals surface area contributed by atoms with Crippen LogP contribution in [0.4, 0.5) is 8.78 Å². The molecule has 1 atom stereocenters. The van der Waals surface area contributed by atoms with Gasteiger partial charge in [-0.1, -0.05) is 6.07 Å². The predicted molar refractivity (Wildman–Crippen MR) is 57.1 cm³/mol. The molecule has 0 unspecified atom stereocenters. The van der Waals surface area contributed by atoms with Crippen LogP contribution in [-0.4, -0.2) is 25.2 Å². The zero-order chi connectivity index (χ0) is 11.7. The molecule has 1 heterocycles. The highest BCUT2D eigenvalue weighted by Gasteiger charge is 2.34. The Morgan fingerprint density at radius 2 is 2.12 bits per heavy atom. The molecule has 0 aliphatic carbocycles. The van der Waals surface area contributed by atoms with Crippen molar-refractivity contribution in [2.45, 2.75) is 6.17 Å². The van der Waals surface area contributed by atoms with Crippen molar-refractivity contribution in [2.24, 2.45) is 0 Å². The molecule has 0 aromatic heterocycles. The third-order valence-electron chi connectivity index (χ3n) is 2.57. The summed E-state index contributed by atoms with van der Waals surface area (Å²) in [5, 5.41) is 0. The molecule has 0 bridgehead atoms. The second-order valence-corrected chi connectivity index (χ2v) is 3.56. The minimum absolute atomic E-state index is 0.185. The molecule has 2 rings (SSSR count). The first-order valence-corrected chi connectivity index (χ1v) is 4.90. The lowest BCUT2D eigenvalue weighted by Gasteiger charge is -2.23. The third-order valence-corrected chi connectivity index (χ3v) is 2.57. The Labute approximate surface area is 93.1 Å². The van der Waals surface area contributed by atoms with Gasteiger partial charge in [0.05, 0.1) is 12.7 Å². The van der Waals surface area contributed by atoms with Crippen LogP contribution in [0.5, 0.6) is 5.75 Å². The molecular formula is C12H12F2NO. The van der Waals surface area contributed by atoms with E-state index in [1.807, 2.05) is 0 Å². The average molecular weight is 224 g/mol. The van der Waals surface area contributed by atoms with Crippen LogP contribution in [-0.2, 0) is 0 Å². The zero-order valence-corrected chi connectivity index (χ0v) is 9.08. The number of rotatable bonds is 2. The van der Waals surface area contributed by atoms with Crippen LogP contribution in [0, 0.1) is 11.9 Å².